The van der Waals surface area contributed by atoms with Crippen molar-refractivity contribution >= 4 is 11.8 Å². The van der Waals surface area contributed by atoms with E-state index < -0.39 is 5.60 Å². The SMILES string of the molecule is CCCCC(=O)OC1(COc2c(-c3cccc4c3CCC4=O)ccc(OC)c2OC)CC1. The van der Waals surface area contributed by atoms with Crippen LogP contribution in [0, 0.1) is 0 Å². The number of hydrogen-bond donors (Lipinski definition) is 0. The van der Waals surface area contributed by atoms with Crippen molar-refractivity contribution in [2.45, 2.75) is 57.5 Å². The molecule has 1 fully saturated rings. The van der Waals surface area contributed by atoms with E-state index in [1.54, 1.807) is 14.2 Å². The van der Waals surface area contributed by atoms with Gasteiger partial charge in [0.25, 0.3) is 0 Å². The molecule has 2 aliphatic rings. The Morgan fingerprint density at radius 3 is 2.44 bits per heavy atom. The third-order valence-corrected chi connectivity index (χ3v) is 6.22. The van der Waals surface area contributed by atoms with E-state index >= 15 is 0 Å². The van der Waals surface area contributed by atoms with Gasteiger partial charge in [-0.3, -0.25) is 9.59 Å². The van der Waals surface area contributed by atoms with Gasteiger partial charge in [0, 0.05) is 24.0 Å². The summed E-state index contributed by atoms with van der Waals surface area (Å²) in [5, 5.41) is 0. The van der Waals surface area contributed by atoms with Crippen molar-refractivity contribution in [3.63, 3.8) is 0 Å². The number of carbonyl (C=O) groups is 2. The summed E-state index contributed by atoms with van der Waals surface area (Å²) in [6, 6.07) is 9.56. The first-order valence-corrected chi connectivity index (χ1v) is 11.3. The molecule has 32 heavy (non-hydrogen) atoms. The van der Waals surface area contributed by atoms with E-state index in [1.807, 2.05) is 37.3 Å². The first-order valence-electron chi connectivity index (χ1n) is 11.3. The number of ketones is 1. The van der Waals surface area contributed by atoms with Gasteiger partial charge in [-0.05, 0) is 48.9 Å². The van der Waals surface area contributed by atoms with E-state index in [2.05, 4.69) is 0 Å². The van der Waals surface area contributed by atoms with Crippen molar-refractivity contribution in [1.29, 1.82) is 0 Å². The zero-order valence-corrected chi connectivity index (χ0v) is 19.0. The molecule has 0 bridgehead atoms. The molecular weight excluding hydrogens is 408 g/mol. The quantitative estimate of drug-likeness (QED) is 0.478. The molecule has 6 heteroatoms. The fourth-order valence-electron chi connectivity index (χ4n) is 4.23. The van der Waals surface area contributed by atoms with Crippen molar-refractivity contribution in [1.82, 2.24) is 0 Å². The molecule has 170 valence electrons. The molecular formula is C26H30O6. The highest BCUT2D eigenvalue weighted by Gasteiger charge is 2.48. The molecule has 4 rings (SSSR count). The Bertz CT molecular complexity index is 1020. The molecule has 0 aliphatic heterocycles. The summed E-state index contributed by atoms with van der Waals surface area (Å²) in [4.78, 5) is 24.5. The van der Waals surface area contributed by atoms with Gasteiger partial charge in [0.15, 0.2) is 17.3 Å². The minimum atomic E-state index is -0.579. The lowest BCUT2D eigenvalue weighted by Gasteiger charge is -2.22. The summed E-state index contributed by atoms with van der Waals surface area (Å²) in [7, 11) is 3.16. The van der Waals surface area contributed by atoms with Crippen LogP contribution in [0.1, 0.15) is 61.4 Å². The molecule has 0 atom stereocenters. The van der Waals surface area contributed by atoms with Crippen molar-refractivity contribution in [2.75, 3.05) is 20.8 Å². The fourth-order valence-corrected chi connectivity index (χ4v) is 4.23. The summed E-state index contributed by atoms with van der Waals surface area (Å²) in [6.07, 6.45) is 4.98. The highest BCUT2D eigenvalue weighted by atomic mass is 16.6. The van der Waals surface area contributed by atoms with E-state index in [0.717, 1.165) is 47.9 Å². The number of unbranched alkanes of at least 4 members (excludes halogenated alkanes) is 1. The smallest absolute Gasteiger partial charge is 0.306 e. The second-order valence-electron chi connectivity index (χ2n) is 8.48. The highest BCUT2D eigenvalue weighted by molar-refractivity contribution is 6.02. The number of hydrogen-bond acceptors (Lipinski definition) is 6. The number of carbonyl (C=O) groups excluding carboxylic acids is 2. The monoisotopic (exact) mass is 438 g/mol. The van der Waals surface area contributed by atoms with Crippen LogP contribution in [0.15, 0.2) is 30.3 Å². The average molecular weight is 439 g/mol. The lowest BCUT2D eigenvalue weighted by molar-refractivity contribution is -0.153. The molecule has 0 saturated heterocycles. The predicted molar refractivity (Wildman–Crippen MR) is 121 cm³/mol. The highest BCUT2D eigenvalue weighted by Crippen LogP contribution is 2.48. The third kappa shape index (κ3) is 4.31. The standard InChI is InChI=1S/C26H30O6/c1-4-5-9-23(28)32-26(14-15-26)16-31-24-20(11-13-22(29-2)25(24)30-3)17-7-6-8-19-18(17)10-12-21(19)27/h6-8,11,13H,4-5,9-10,12,14-16H2,1-3H3. The largest absolute Gasteiger partial charge is 0.493 e. The molecule has 2 aromatic carbocycles. The number of ether oxygens (including phenoxy) is 4. The summed E-state index contributed by atoms with van der Waals surface area (Å²) in [5.41, 5.74) is 3.01. The molecule has 0 amide bonds. The topological polar surface area (TPSA) is 71.1 Å². The minimum Gasteiger partial charge on any atom is -0.493 e. The number of esters is 1. The normalized spacial score (nSPS) is 15.8. The van der Waals surface area contributed by atoms with Gasteiger partial charge in [-0.15, -0.1) is 0 Å². The van der Waals surface area contributed by atoms with E-state index in [9.17, 15) is 9.59 Å². The zero-order valence-electron chi connectivity index (χ0n) is 19.0. The van der Waals surface area contributed by atoms with Crippen molar-refractivity contribution in [2.24, 2.45) is 0 Å². The summed E-state index contributed by atoms with van der Waals surface area (Å²) in [6.45, 7) is 2.29. The van der Waals surface area contributed by atoms with Crippen molar-refractivity contribution < 1.29 is 28.5 Å². The Balaban J connectivity index is 1.66. The maximum Gasteiger partial charge on any atom is 0.306 e. The second kappa shape index (κ2) is 9.23. The Kier molecular flexibility index (Phi) is 6.40. The van der Waals surface area contributed by atoms with Gasteiger partial charge in [0.1, 0.15) is 12.2 Å². The fraction of sp³-hybridized carbons (Fsp3) is 0.462. The molecule has 0 radical (unpaired) electrons. The zero-order chi connectivity index (χ0) is 22.7. The summed E-state index contributed by atoms with van der Waals surface area (Å²) >= 11 is 0. The lowest BCUT2D eigenvalue weighted by atomic mass is 9.95. The predicted octanol–water partition coefficient (Wildman–Crippen LogP) is 5.14. The maximum absolute atomic E-state index is 12.3. The molecule has 2 aromatic rings. The van der Waals surface area contributed by atoms with Crippen LogP contribution in [0.2, 0.25) is 0 Å². The number of fused-ring (bicyclic) bond motifs is 1. The third-order valence-electron chi connectivity index (χ3n) is 6.22. The molecule has 0 N–H and O–H groups in total. The molecule has 0 heterocycles. The van der Waals surface area contributed by atoms with Crippen LogP contribution in [0.5, 0.6) is 17.2 Å². The summed E-state index contributed by atoms with van der Waals surface area (Å²) < 4.78 is 23.2. The van der Waals surface area contributed by atoms with Gasteiger partial charge < -0.3 is 18.9 Å². The minimum absolute atomic E-state index is 0.167. The van der Waals surface area contributed by atoms with Crippen LogP contribution in [-0.4, -0.2) is 38.2 Å². The molecule has 6 nitrogen and oxygen atoms in total. The number of benzene rings is 2. The molecule has 2 aliphatic carbocycles. The van der Waals surface area contributed by atoms with Crippen molar-refractivity contribution in [3.05, 3.63) is 41.5 Å². The van der Waals surface area contributed by atoms with E-state index in [0.29, 0.717) is 36.5 Å². The van der Waals surface area contributed by atoms with Crippen molar-refractivity contribution in [3.8, 4) is 28.4 Å². The van der Waals surface area contributed by atoms with E-state index in [4.69, 9.17) is 18.9 Å². The van der Waals surface area contributed by atoms with Gasteiger partial charge in [-0.1, -0.05) is 31.5 Å². The Hall–Kier alpha value is -3.02. The van der Waals surface area contributed by atoms with Gasteiger partial charge in [0.2, 0.25) is 5.75 Å². The Labute approximate surface area is 188 Å². The number of methoxy groups -OCH3 is 2. The van der Waals surface area contributed by atoms with Gasteiger partial charge >= 0.3 is 5.97 Å². The Morgan fingerprint density at radius 2 is 1.75 bits per heavy atom. The maximum atomic E-state index is 12.3. The first-order chi connectivity index (χ1) is 15.5. The summed E-state index contributed by atoms with van der Waals surface area (Å²) in [5.74, 6) is 1.57. The molecule has 0 aromatic heterocycles. The van der Waals surface area contributed by atoms with Crippen LogP contribution in [-0.2, 0) is 16.0 Å². The van der Waals surface area contributed by atoms with Gasteiger partial charge in [0.05, 0.1) is 14.2 Å². The molecule has 0 unspecified atom stereocenters. The first kappa shape index (κ1) is 22.2. The van der Waals surface area contributed by atoms with Gasteiger partial charge in [-0.25, -0.2) is 0 Å². The van der Waals surface area contributed by atoms with E-state index in [-0.39, 0.29) is 18.4 Å². The Morgan fingerprint density at radius 1 is 0.969 bits per heavy atom. The van der Waals surface area contributed by atoms with E-state index in [1.165, 1.54) is 0 Å². The van der Waals surface area contributed by atoms with Crippen LogP contribution in [0.4, 0.5) is 0 Å². The average Bonchev–Trinajstić information content (AvgIpc) is 3.47. The van der Waals surface area contributed by atoms with Crippen LogP contribution in [0.25, 0.3) is 11.1 Å². The van der Waals surface area contributed by atoms with Gasteiger partial charge in [-0.2, -0.15) is 0 Å². The number of rotatable bonds is 10. The van der Waals surface area contributed by atoms with Crippen LogP contribution >= 0.6 is 0 Å². The van der Waals surface area contributed by atoms with Crippen LogP contribution < -0.4 is 14.2 Å². The molecule has 1 saturated carbocycles. The van der Waals surface area contributed by atoms with Crippen LogP contribution in [0.3, 0.4) is 0 Å². The molecule has 0 spiro atoms. The lowest BCUT2D eigenvalue weighted by Crippen LogP contribution is -2.27. The second-order valence-corrected chi connectivity index (χ2v) is 8.48. The number of Topliss-reactive ketones (excluding diaryl/α,β-unsaturated/α-hetero) is 1.